The molecule has 80 valence electrons. The van der Waals surface area contributed by atoms with Crippen molar-refractivity contribution in [1.82, 2.24) is 10.3 Å². The molecule has 1 saturated carbocycles. The molecule has 1 aromatic heterocycles. The van der Waals surface area contributed by atoms with Gasteiger partial charge < -0.3 is 10.6 Å². The second-order valence-corrected chi connectivity index (χ2v) is 4.85. The number of hydrogen-bond donors (Lipinski definition) is 2. The predicted molar refractivity (Wildman–Crippen MR) is 60.9 cm³/mol. The average molecular weight is 203 g/mol. The number of nitrogens with one attached hydrogen (secondary N) is 2. The summed E-state index contributed by atoms with van der Waals surface area (Å²) < 4.78 is 0. The summed E-state index contributed by atoms with van der Waals surface area (Å²) in [5.74, 6) is 1.02. The topological polar surface area (TPSA) is 37.0 Å². The van der Waals surface area contributed by atoms with E-state index in [9.17, 15) is 0 Å². The lowest BCUT2D eigenvalue weighted by molar-refractivity contribution is 0.523. The van der Waals surface area contributed by atoms with Crippen LogP contribution in [0.15, 0.2) is 18.2 Å². The van der Waals surface area contributed by atoms with Crippen molar-refractivity contribution in [3.63, 3.8) is 0 Å². The summed E-state index contributed by atoms with van der Waals surface area (Å²) in [4.78, 5) is 4.49. The van der Waals surface area contributed by atoms with Crippen LogP contribution in [-0.4, -0.2) is 24.1 Å². The highest BCUT2D eigenvalue weighted by Crippen LogP contribution is 2.51. The number of hydrogen-bond acceptors (Lipinski definition) is 3. The van der Waals surface area contributed by atoms with Gasteiger partial charge in [0.05, 0.1) is 0 Å². The normalized spacial score (nSPS) is 26.9. The summed E-state index contributed by atoms with van der Waals surface area (Å²) in [5.41, 5.74) is 1.63. The van der Waals surface area contributed by atoms with Crippen molar-refractivity contribution in [2.24, 2.45) is 5.41 Å². The molecule has 2 aliphatic rings. The van der Waals surface area contributed by atoms with Gasteiger partial charge in [-0.15, -0.1) is 0 Å². The number of rotatable bonds is 2. The van der Waals surface area contributed by atoms with Gasteiger partial charge in [0.25, 0.3) is 0 Å². The minimum Gasteiger partial charge on any atom is -0.365 e. The lowest BCUT2D eigenvalue weighted by Crippen LogP contribution is -2.29. The molecule has 0 radical (unpaired) electrons. The molecule has 15 heavy (non-hydrogen) atoms. The first-order chi connectivity index (χ1) is 7.28. The summed E-state index contributed by atoms with van der Waals surface area (Å²) in [5, 5.41) is 7.03. The van der Waals surface area contributed by atoms with Crippen LogP contribution >= 0.6 is 0 Å². The van der Waals surface area contributed by atoms with Crippen molar-refractivity contribution in [3.8, 4) is 0 Å². The van der Waals surface area contributed by atoms with Crippen LogP contribution in [0.4, 0.5) is 5.82 Å². The fraction of sp³-hybridized carbons (Fsp3) is 0.583. The van der Waals surface area contributed by atoms with Crippen molar-refractivity contribution in [2.45, 2.75) is 25.8 Å². The number of anilines is 1. The molecule has 0 unspecified atom stereocenters. The Hall–Kier alpha value is -1.09. The van der Waals surface area contributed by atoms with Gasteiger partial charge in [0.15, 0.2) is 0 Å². The third kappa shape index (κ3) is 1.61. The zero-order chi connectivity index (χ0) is 10.3. The van der Waals surface area contributed by atoms with Crippen LogP contribution in [0.1, 0.15) is 18.5 Å². The summed E-state index contributed by atoms with van der Waals surface area (Å²) in [6, 6.07) is 6.73. The van der Waals surface area contributed by atoms with Crippen molar-refractivity contribution < 1.29 is 0 Å². The van der Waals surface area contributed by atoms with Gasteiger partial charge in [0, 0.05) is 30.2 Å². The Morgan fingerprint density at radius 2 is 2.33 bits per heavy atom. The van der Waals surface area contributed by atoms with E-state index in [0.717, 1.165) is 18.1 Å². The van der Waals surface area contributed by atoms with Gasteiger partial charge in [0.1, 0.15) is 5.82 Å². The van der Waals surface area contributed by atoms with Crippen molar-refractivity contribution in [1.29, 1.82) is 0 Å². The van der Waals surface area contributed by atoms with Gasteiger partial charge in [-0.2, -0.15) is 0 Å². The Morgan fingerprint density at radius 1 is 1.47 bits per heavy atom. The van der Waals surface area contributed by atoms with E-state index in [1.165, 1.54) is 19.4 Å². The quantitative estimate of drug-likeness (QED) is 0.766. The van der Waals surface area contributed by atoms with Crippen LogP contribution in [0, 0.1) is 12.3 Å². The monoisotopic (exact) mass is 203 g/mol. The molecule has 3 nitrogen and oxygen atoms in total. The third-order valence-electron chi connectivity index (χ3n) is 3.67. The van der Waals surface area contributed by atoms with Crippen molar-refractivity contribution in [3.05, 3.63) is 23.9 Å². The van der Waals surface area contributed by atoms with Crippen LogP contribution in [0.25, 0.3) is 0 Å². The second-order valence-electron chi connectivity index (χ2n) is 4.85. The third-order valence-corrected chi connectivity index (χ3v) is 3.67. The lowest BCUT2D eigenvalue weighted by Gasteiger charge is -2.19. The minimum atomic E-state index is 0.547. The Kier molecular flexibility index (Phi) is 1.96. The molecular weight excluding hydrogens is 186 g/mol. The maximum absolute atomic E-state index is 4.49. The second kappa shape index (κ2) is 3.20. The summed E-state index contributed by atoms with van der Waals surface area (Å²) in [7, 11) is 0. The number of pyridine rings is 1. The van der Waals surface area contributed by atoms with E-state index >= 15 is 0 Å². The molecular formula is C12H17N3. The van der Waals surface area contributed by atoms with Gasteiger partial charge in [0.2, 0.25) is 0 Å². The molecule has 3 heteroatoms. The molecule has 1 saturated heterocycles. The number of aryl methyl sites for hydroxylation is 1. The van der Waals surface area contributed by atoms with Gasteiger partial charge in [-0.05, 0) is 31.9 Å². The van der Waals surface area contributed by atoms with E-state index in [0.29, 0.717) is 11.5 Å². The van der Waals surface area contributed by atoms with E-state index in [1.807, 2.05) is 13.0 Å². The highest BCUT2D eigenvalue weighted by molar-refractivity contribution is 5.38. The van der Waals surface area contributed by atoms with E-state index < -0.39 is 0 Å². The van der Waals surface area contributed by atoms with E-state index in [2.05, 4.69) is 27.8 Å². The van der Waals surface area contributed by atoms with E-state index in [-0.39, 0.29) is 0 Å². The van der Waals surface area contributed by atoms with Crippen LogP contribution in [0.5, 0.6) is 0 Å². The largest absolute Gasteiger partial charge is 0.365 e. The smallest absolute Gasteiger partial charge is 0.126 e. The summed E-state index contributed by atoms with van der Waals surface area (Å²) >= 11 is 0. The molecule has 1 aliphatic heterocycles. The first-order valence-corrected chi connectivity index (χ1v) is 5.69. The molecule has 1 spiro atoms. The summed E-state index contributed by atoms with van der Waals surface area (Å²) in [6.45, 7) is 4.29. The highest BCUT2D eigenvalue weighted by atomic mass is 15.1. The molecule has 2 fully saturated rings. The Balaban J connectivity index is 1.75. The van der Waals surface area contributed by atoms with E-state index in [4.69, 9.17) is 0 Å². The van der Waals surface area contributed by atoms with Gasteiger partial charge in [-0.1, -0.05) is 6.07 Å². The zero-order valence-corrected chi connectivity index (χ0v) is 9.09. The van der Waals surface area contributed by atoms with Gasteiger partial charge in [-0.25, -0.2) is 4.98 Å². The molecule has 0 bridgehead atoms. The predicted octanol–water partition coefficient (Wildman–Crippen LogP) is 1.55. The summed E-state index contributed by atoms with van der Waals surface area (Å²) in [6.07, 6.45) is 2.73. The SMILES string of the molecule is Cc1cccc(N[C@@H]2CNCC23CC3)n1. The van der Waals surface area contributed by atoms with Crippen LogP contribution in [0.2, 0.25) is 0 Å². The van der Waals surface area contributed by atoms with E-state index in [1.54, 1.807) is 0 Å². The first-order valence-electron chi connectivity index (χ1n) is 5.69. The zero-order valence-electron chi connectivity index (χ0n) is 9.09. The first kappa shape index (κ1) is 9.16. The van der Waals surface area contributed by atoms with Crippen LogP contribution in [0.3, 0.4) is 0 Å². The minimum absolute atomic E-state index is 0.547. The molecule has 1 atom stereocenters. The van der Waals surface area contributed by atoms with Crippen LogP contribution in [-0.2, 0) is 0 Å². The molecule has 0 aromatic carbocycles. The molecule has 2 N–H and O–H groups in total. The number of aromatic nitrogens is 1. The Bertz CT molecular complexity index is 371. The van der Waals surface area contributed by atoms with Crippen molar-refractivity contribution in [2.75, 3.05) is 18.4 Å². The molecule has 0 amide bonds. The average Bonchev–Trinajstić information content (AvgIpc) is 2.87. The standard InChI is InChI=1S/C12H17N3/c1-9-3-2-4-11(14-9)15-10-7-13-8-12(10)5-6-12/h2-4,10,13H,5-8H2,1H3,(H,14,15)/t10-/m1/s1. The maximum atomic E-state index is 4.49. The Morgan fingerprint density at radius 3 is 3.07 bits per heavy atom. The maximum Gasteiger partial charge on any atom is 0.126 e. The molecule has 1 aromatic rings. The highest BCUT2D eigenvalue weighted by Gasteiger charge is 2.52. The van der Waals surface area contributed by atoms with Gasteiger partial charge >= 0.3 is 0 Å². The van der Waals surface area contributed by atoms with Gasteiger partial charge in [-0.3, -0.25) is 0 Å². The molecule has 1 aliphatic carbocycles. The molecule has 2 heterocycles. The Labute approximate surface area is 90.3 Å². The fourth-order valence-corrected chi connectivity index (χ4v) is 2.50. The van der Waals surface area contributed by atoms with Crippen molar-refractivity contribution >= 4 is 5.82 Å². The fourth-order valence-electron chi connectivity index (χ4n) is 2.50. The molecule has 3 rings (SSSR count). The van der Waals surface area contributed by atoms with Crippen LogP contribution < -0.4 is 10.6 Å². The number of nitrogens with zero attached hydrogens (tertiary/aromatic N) is 1. The lowest BCUT2D eigenvalue weighted by atomic mass is 10.0.